The van der Waals surface area contributed by atoms with Crippen molar-refractivity contribution in [2.75, 3.05) is 24.5 Å². The highest BCUT2D eigenvalue weighted by molar-refractivity contribution is 5.79. The fraction of sp³-hybridized carbons (Fsp3) is 0.667. The smallest absolute Gasteiger partial charge is 0.302 e. The van der Waals surface area contributed by atoms with E-state index in [0.717, 1.165) is 19.4 Å². The molecule has 1 aromatic rings. The first-order chi connectivity index (χ1) is 12.8. The highest BCUT2D eigenvalue weighted by Crippen LogP contribution is 2.43. The minimum Gasteiger partial charge on any atom is -0.392 e. The number of likely N-dealkylation sites (tertiary alicyclic amines) is 1. The van der Waals surface area contributed by atoms with Gasteiger partial charge in [0.2, 0.25) is 0 Å². The molecule has 1 N–H and O–H groups in total. The van der Waals surface area contributed by atoms with Gasteiger partial charge in [-0.15, -0.1) is 0 Å². The number of anilines is 1. The summed E-state index contributed by atoms with van der Waals surface area (Å²) < 4.78 is 0. The molecule has 9 heteroatoms. The Labute approximate surface area is 157 Å². The second-order valence-electron chi connectivity index (χ2n) is 7.50. The molecular weight excluding hydrogens is 352 g/mol. The SMILES string of the molecule is Cc1c(CO)cc([N+](=O)[O-])c(N2CCC(N3CCCC3C)CC2)c1[N+](=O)[O-]. The molecule has 0 radical (unpaired) electrons. The van der Waals surface area contributed by atoms with Crippen LogP contribution in [0.5, 0.6) is 0 Å². The fourth-order valence-corrected chi connectivity index (χ4v) is 4.55. The van der Waals surface area contributed by atoms with E-state index in [9.17, 15) is 25.3 Å². The van der Waals surface area contributed by atoms with Crippen LogP contribution in [0.4, 0.5) is 17.1 Å². The first-order valence-corrected chi connectivity index (χ1v) is 9.42. The first kappa shape index (κ1) is 19.5. The molecule has 0 amide bonds. The highest BCUT2D eigenvalue weighted by Gasteiger charge is 2.37. The molecule has 2 heterocycles. The second-order valence-corrected chi connectivity index (χ2v) is 7.50. The summed E-state index contributed by atoms with van der Waals surface area (Å²) in [6, 6.07) is 2.25. The summed E-state index contributed by atoms with van der Waals surface area (Å²) in [6.45, 7) is 5.47. The van der Waals surface area contributed by atoms with Crippen LogP contribution in [0.1, 0.15) is 43.7 Å². The number of nitro benzene ring substituents is 2. The molecule has 9 nitrogen and oxygen atoms in total. The Hall–Kier alpha value is -2.26. The minimum absolute atomic E-state index is 0.0765. The van der Waals surface area contributed by atoms with E-state index in [1.165, 1.54) is 25.8 Å². The molecule has 2 saturated heterocycles. The molecule has 1 atom stereocenters. The van der Waals surface area contributed by atoms with Gasteiger partial charge in [0.25, 0.3) is 5.69 Å². The van der Waals surface area contributed by atoms with Crippen LogP contribution in [0.15, 0.2) is 6.07 Å². The Balaban J connectivity index is 1.93. The Morgan fingerprint density at radius 1 is 1.15 bits per heavy atom. The molecule has 2 aliphatic rings. The van der Waals surface area contributed by atoms with Crippen LogP contribution < -0.4 is 4.90 Å². The van der Waals surface area contributed by atoms with Crippen LogP contribution in [0, 0.1) is 27.2 Å². The van der Waals surface area contributed by atoms with Gasteiger partial charge in [-0.25, -0.2) is 0 Å². The largest absolute Gasteiger partial charge is 0.392 e. The summed E-state index contributed by atoms with van der Waals surface area (Å²) in [5.74, 6) is 0. The zero-order valence-electron chi connectivity index (χ0n) is 15.8. The third kappa shape index (κ3) is 3.61. The average Bonchev–Trinajstić information content (AvgIpc) is 3.06. The number of benzene rings is 1. The van der Waals surface area contributed by atoms with Crippen molar-refractivity contribution >= 4 is 17.1 Å². The summed E-state index contributed by atoms with van der Waals surface area (Å²) in [7, 11) is 0. The van der Waals surface area contributed by atoms with E-state index in [-0.39, 0.29) is 22.6 Å². The normalized spacial score (nSPS) is 21.6. The van der Waals surface area contributed by atoms with E-state index in [1.807, 2.05) is 0 Å². The van der Waals surface area contributed by atoms with Gasteiger partial charge in [-0.05, 0) is 51.6 Å². The van der Waals surface area contributed by atoms with E-state index >= 15 is 0 Å². The summed E-state index contributed by atoms with van der Waals surface area (Å²) in [5.41, 5.74) is 0.0227. The summed E-state index contributed by atoms with van der Waals surface area (Å²) >= 11 is 0. The predicted molar refractivity (Wildman–Crippen MR) is 101 cm³/mol. The van der Waals surface area contributed by atoms with E-state index < -0.39 is 16.5 Å². The number of nitrogens with zero attached hydrogens (tertiary/aromatic N) is 4. The second kappa shape index (κ2) is 7.77. The zero-order valence-corrected chi connectivity index (χ0v) is 15.8. The van der Waals surface area contributed by atoms with Gasteiger partial charge in [0.15, 0.2) is 5.69 Å². The van der Waals surface area contributed by atoms with Gasteiger partial charge in [-0.3, -0.25) is 25.1 Å². The van der Waals surface area contributed by atoms with Gasteiger partial charge < -0.3 is 10.0 Å². The molecule has 0 spiro atoms. The van der Waals surface area contributed by atoms with E-state index in [4.69, 9.17) is 0 Å². The standard InChI is InChI=1S/C18H26N4O5/c1-12-4-3-7-20(12)15-5-8-19(9-6-15)18-16(21(24)25)10-14(11-23)13(2)17(18)22(26)27/h10,12,15,23H,3-9,11H2,1-2H3. The lowest BCUT2D eigenvalue weighted by molar-refractivity contribution is -0.393. The molecule has 3 rings (SSSR count). The molecule has 2 aliphatic heterocycles. The first-order valence-electron chi connectivity index (χ1n) is 9.42. The lowest BCUT2D eigenvalue weighted by Gasteiger charge is -2.39. The van der Waals surface area contributed by atoms with Crippen LogP contribution in [-0.2, 0) is 6.61 Å². The Bertz CT molecular complexity index is 746. The Kier molecular flexibility index (Phi) is 5.61. The van der Waals surface area contributed by atoms with Crippen molar-refractivity contribution in [2.45, 2.75) is 58.2 Å². The summed E-state index contributed by atoms with van der Waals surface area (Å²) in [5, 5.41) is 32.8. The van der Waals surface area contributed by atoms with Crippen LogP contribution in [0.2, 0.25) is 0 Å². The predicted octanol–water partition coefficient (Wildman–Crippen LogP) is 2.76. The number of nitro groups is 2. The van der Waals surface area contributed by atoms with Gasteiger partial charge in [0.1, 0.15) is 0 Å². The Morgan fingerprint density at radius 3 is 2.30 bits per heavy atom. The molecule has 0 aliphatic carbocycles. The Morgan fingerprint density at radius 2 is 1.81 bits per heavy atom. The van der Waals surface area contributed by atoms with Crippen molar-refractivity contribution in [2.24, 2.45) is 0 Å². The van der Waals surface area contributed by atoms with Crippen molar-refractivity contribution in [3.8, 4) is 0 Å². The van der Waals surface area contributed by atoms with Crippen molar-refractivity contribution in [1.29, 1.82) is 0 Å². The number of aliphatic hydroxyl groups is 1. The highest BCUT2D eigenvalue weighted by atomic mass is 16.6. The molecular formula is C18H26N4O5. The van der Waals surface area contributed by atoms with Crippen molar-refractivity contribution in [3.05, 3.63) is 37.4 Å². The molecule has 1 unspecified atom stereocenters. The van der Waals surface area contributed by atoms with Gasteiger partial charge >= 0.3 is 5.69 Å². The van der Waals surface area contributed by atoms with Crippen molar-refractivity contribution < 1.29 is 15.0 Å². The quantitative estimate of drug-likeness (QED) is 0.619. The topological polar surface area (TPSA) is 113 Å². The molecule has 0 saturated carbocycles. The molecule has 148 valence electrons. The molecule has 1 aromatic carbocycles. The third-order valence-electron chi connectivity index (χ3n) is 6.02. The maximum absolute atomic E-state index is 11.7. The summed E-state index contributed by atoms with van der Waals surface area (Å²) in [4.78, 5) is 26.4. The van der Waals surface area contributed by atoms with Crippen LogP contribution in [-0.4, -0.2) is 51.6 Å². The number of rotatable bonds is 5. The third-order valence-corrected chi connectivity index (χ3v) is 6.02. The average molecular weight is 378 g/mol. The maximum atomic E-state index is 11.7. The van der Waals surface area contributed by atoms with Crippen LogP contribution >= 0.6 is 0 Å². The van der Waals surface area contributed by atoms with Gasteiger partial charge in [-0.2, -0.15) is 0 Å². The van der Waals surface area contributed by atoms with Crippen LogP contribution in [0.25, 0.3) is 0 Å². The molecule has 0 aromatic heterocycles. The summed E-state index contributed by atoms with van der Waals surface area (Å²) in [6.07, 6.45) is 4.05. The molecule has 27 heavy (non-hydrogen) atoms. The van der Waals surface area contributed by atoms with Crippen molar-refractivity contribution in [1.82, 2.24) is 4.90 Å². The van der Waals surface area contributed by atoms with Gasteiger partial charge in [-0.1, -0.05) is 0 Å². The maximum Gasteiger partial charge on any atom is 0.302 e. The lowest BCUT2D eigenvalue weighted by atomic mass is 9.98. The number of hydrogen-bond acceptors (Lipinski definition) is 7. The van der Waals surface area contributed by atoms with E-state index in [1.54, 1.807) is 4.90 Å². The number of piperidine rings is 1. The van der Waals surface area contributed by atoms with Crippen molar-refractivity contribution in [3.63, 3.8) is 0 Å². The van der Waals surface area contributed by atoms with E-state index in [2.05, 4.69) is 11.8 Å². The number of hydrogen-bond donors (Lipinski definition) is 1. The number of aliphatic hydroxyl groups excluding tert-OH is 1. The molecule has 2 fully saturated rings. The van der Waals surface area contributed by atoms with Gasteiger partial charge in [0, 0.05) is 36.8 Å². The van der Waals surface area contributed by atoms with Gasteiger partial charge in [0.05, 0.1) is 16.5 Å². The van der Waals surface area contributed by atoms with E-state index in [0.29, 0.717) is 30.7 Å². The fourth-order valence-electron chi connectivity index (χ4n) is 4.55. The molecule has 0 bridgehead atoms. The monoisotopic (exact) mass is 378 g/mol. The zero-order chi connectivity index (χ0) is 19.7. The lowest BCUT2D eigenvalue weighted by Crippen LogP contribution is -2.46. The van der Waals surface area contributed by atoms with Crippen LogP contribution in [0.3, 0.4) is 0 Å². The minimum atomic E-state index is -0.588.